The van der Waals surface area contributed by atoms with Gasteiger partial charge in [-0.25, -0.2) is 4.79 Å². The van der Waals surface area contributed by atoms with E-state index in [2.05, 4.69) is 44.9 Å². The SMILES string of the molecule is CN(C)Cc1ccc(I)cc1Oc1ccccc1NC(=O)OC(C)(C)C. The van der Waals surface area contributed by atoms with Crippen LogP contribution in [0.3, 0.4) is 0 Å². The molecule has 0 radical (unpaired) electrons. The second kappa shape index (κ2) is 8.73. The topological polar surface area (TPSA) is 50.8 Å². The minimum atomic E-state index is -0.561. The molecule has 2 aromatic carbocycles. The molecule has 0 saturated carbocycles. The number of carbonyl (C=O) groups is 1. The number of nitrogens with zero attached hydrogens (tertiary/aromatic N) is 1. The predicted molar refractivity (Wildman–Crippen MR) is 113 cm³/mol. The van der Waals surface area contributed by atoms with E-state index in [0.717, 1.165) is 21.4 Å². The van der Waals surface area contributed by atoms with E-state index in [0.29, 0.717) is 11.4 Å². The van der Waals surface area contributed by atoms with Crippen molar-refractivity contribution >= 4 is 34.4 Å². The van der Waals surface area contributed by atoms with Crippen LogP contribution in [-0.4, -0.2) is 30.7 Å². The Morgan fingerprint density at radius 1 is 1.12 bits per heavy atom. The number of ether oxygens (including phenoxy) is 2. The number of amides is 1. The van der Waals surface area contributed by atoms with E-state index in [-0.39, 0.29) is 0 Å². The standard InChI is InChI=1S/C20H25IN2O3/c1-20(2,3)26-19(24)22-16-8-6-7-9-17(16)25-18-12-15(21)11-10-14(18)13-23(4)5/h6-12H,13H2,1-5H3,(H,22,24). The van der Waals surface area contributed by atoms with Crippen molar-refractivity contribution in [2.24, 2.45) is 0 Å². The zero-order chi connectivity index (χ0) is 19.3. The summed E-state index contributed by atoms with van der Waals surface area (Å²) in [5, 5.41) is 2.76. The van der Waals surface area contributed by atoms with Gasteiger partial charge in [-0.3, -0.25) is 5.32 Å². The molecule has 0 bridgehead atoms. The molecule has 140 valence electrons. The van der Waals surface area contributed by atoms with Gasteiger partial charge >= 0.3 is 6.09 Å². The molecule has 0 fully saturated rings. The van der Waals surface area contributed by atoms with Gasteiger partial charge in [0.25, 0.3) is 0 Å². The third-order valence-corrected chi connectivity index (χ3v) is 3.93. The average Bonchev–Trinajstić information content (AvgIpc) is 2.49. The Labute approximate surface area is 168 Å². The Bertz CT molecular complexity index is 770. The summed E-state index contributed by atoms with van der Waals surface area (Å²) in [7, 11) is 4.03. The van der Waals surface area contributed by atoms with Crippen molar-refractivity contribution < 1.29 is 14.3 Å². The third-order valence-electron chi connectivity index (χ3n) is 3.26. The second-order valence-electron chi connectivity index (χ2n) is 7.21. The first-order valence-electron chi connectivity index (χ1n) is 8.34. The van der Waals surface area contributed by atoms with Gasteiger partial charge in [0.2, 0.25) is 0 Å². The Morgan fingerprint density at radius 2 is 1.81 bits per heavy atom. The van der Waals surface area contributed by atoms with Gasteiger partial charge in [-0.05, 0) is 81.7 Å². The highest BCUT2D eigenvalue weighted by Gasteiger charge is 2.18. The van der Waals surface area contributed by atoms with Crippen molar-refractivity contribution in [1.82, 2.24) is 4.90 Å². The zero-order valence-electron chi connectivity index (χ0n) is 15.8. The molecule has 0 unspecified atom stereocenters. The quantitative estimate of drug-likeness (QED) is 0.590. The van der Waals surface area contributed by atoms with Gasteiger partial charge in [-0.1, -0.05) is 18.2 Å². The summed E-state index contributed by atoms with van der Waals surface area (Å²) in [5.41, 5.74) is 1.08. The van der Waals surface area contributed by atoms with E-state index in [9.17, 15) is 4.79 Å². The predicted octanol–water partition coefficient (Wildman–Crippen LogP) is 5.49. The highest BCUT2D eigenvalue weighted by atomic mass is 127. The number of nitrogens with one attached hydrogen (secondary N) is 1. The average molecular weight is 468 g/mol. The fourth-order valence-electron chi connectivity index (χ4n) is 2.29. The number of carbonyl (C=O) groups excluding carboxylic acids is 1. The number of hydrogen-bond donors (Lipinski definition) is 1. The summed E-state index contributed by atoms with van der Waals surface area (Å²) in [5.74, 6) is 1.34. The van der Waals surface area contributed by atoms with E-state index in [1.54, 1.807) is 6.07 Å². The molecule has 0 aliphatic heterocycles. The molecule has 0 spiro atoms. The molecule has 26 heavy (non-hydrogen) atoms. The maximum Gasteiger partial charge on any atom is 0.412 e. The molecule has 0 heterocycles. The Balaban J connectivity index is 2.26. The molecule has 0 aliphatic carbocycles. The molecule has 6 heteroatoms. The molecular weight excluding hydrogens is 443 g/mol. The summed E-state index contributed by atoms with van der Waals surface area (Å²) in [6.07, 6.45) is -0.510. The molecule has 2 rings (SSSR count). The number of halogens is 1. The lowest BCUT2D eigenvalue weighted by Gasteiger charge is -2.21. The van der Waals surface area contributed by atoms with E-state index >= 15 is 0 Å². The van der Waals surface area contributed by atoms with Crippen LogP contribution in [-0.2, 0) is 11.3 Å². The Kier molecular flexibility index (Phi) is 6.88. The lowest BCUT2D eigenvalue weighted by Crippen LogP contribution is -2.27. The number of benzene rings is 2. The first-order chi connectivity index (χ1) is 12.1. The highest BCUT2D eigenvalue weighted by molar-refractivity contribution is 14.1. The van der Waals surface area contributed by atoms with Crippen molar-refractivity contribution in [3.63, 3.8) is 0 Å². The maximum atomic E-state index is 12.1. The lowest BCUT2D eigenvalue weighted by molar-refractivity contribution is 0.0635. The summed E-state index contributed by atoms with van der Waals surface area (Å²) < 4.78 is 12.6. The molecule has 0 saturated heterocycles. The van der Waals surface area contributed by atoms with E-state index < -0.39 is 11.7 Å². The van der Waals surface area contributed by atoms with Crippen molar-refractivity contribution in [3.05, 3.63) is 51.6 Å². The van der Waals surface area contributed by atoms with Crippen LogP contribution in [0.1, 0.15) is 26.3 Å². The van der Waals surface area contributed by atoms with Gasteiger partial charge in [0.05, 0.1) is 5.69 Å². The van der Waals surface area contributed by atoms with Crippen LogP contribution < -0.4 is 10.1 Å². The summed E-state index contributed by atoms with van der Waals surface area (Å²) in [4.78, 5) is 14.2. The smallest absolute Gasteiger partial charge is 0.412 e. The summed E-state index contributed by atoms with van der Waals surface area (Å²) >= 11 is 2.26. The zero-order valence-corrected chi connectivity index (χ0v) is 18.0. The van der Waals surface area contributed by atoms with E-state index in [4.69, 9.17) is 9.47 Å². The highest BCUT2D eigenvalue weighted by Crippen LogP contribution is 2.33. The molecule has 1 N–H and O–H groups in total. The molecule has 5 nitrogen and oxygen atoms in total. The fourth-order valence-corrected chi connectivity index (χ4v) is 2.75. The molecule has 1 amide bonds. The van der Waals surface area contributed by atoms with E-state index in [1.807, 2.05) is 59.1 Å². The summed E-state index contributed by atoms with van der Waals surface area (Å²) in [6.45, 7) is 6.24. The van der Waals surface area contributed by atoms with Gasteiger partial charge in [-0.15, -0.1) is 0 Å². The van der Waals surface area contributed by atoms with Gasteiger partial charge < -0.3 is 14.4 Å². The number of anilines is 1. The summed E-state index contributed by atoms with van der Waals surface area (Å²) in [6, 6.07) is 13.4. The fraction of sp³-hybridized carbons (Fsp3) is 0.350. The minimum absolute atomic E-state index is 0.510. The van der Waals surface area contributed by atoms with Crippen LogP contribution >= 0.6 is 22.6 Å². The molecule has 2 aromatic rings. The Morgan fingerprint density at radius 3 is 2.46 bits per heavy atom. The van der Waals surface area contributed by atoms with Gasteiger partial charge in [0.1, 0.15) is 11.4 Å². The van der Waals surface area contributed by atoms with Gasteiger partial charge in [0.15, 0.2) is 5.75 Å². The monoisotopic (exact) mass is 468 g/mol. The molecule has 0 aliphatic rings. The number of hydrogen-bond acceptors (Lipinski definition) is 4. The van der Waals surface area contributed by atoms with E-state index in [1.165, 1.54) is 0 Å². The van der Waals surface area contributed by atoms with Crippen molar-refractivity contribution in [1.29, 1.82) is 0 Å². The van der Waals surface area contributed by atoms with Crippen LogP contribution in [0.25, 0.3) is 0 Å². The number of rotatable bonds is 5. The normalized spacial score (nSPS) is 11.3. The van der Waals surface area contributed by atoms with Crippen molar-refractivity contribution in [2.75, 3.05) is 19.4 Å². The second-order valence-corrected chi connectivity index (χ2v) is 8.46. The van der Waals surface area contributed by atoms with Crippen molar-refractivity contribution in [2.45, 2.75) is 32.9 Å². The van der Waals surface area contributed by atoms with Gasteiger partial charge in [-0.2, -0.15) is 0 Å². The molecule has 0 atom stereocenters. The number of para-hydroxylation sites is 2. The Hall–Kier alpha value is -1.80. The van der Waals surface area contributed by atoms with Crippen LogP contribution in [0, 0.1) is 3.57 Å². The van der Waals surface area contributed by atoms with Gasteiger partial charge in [0, 0.05) is 15.7 Å². The van der Waals surface area contributed by atoms with Crippen molar-refractivity contribution in [3.8, 4) is 11.5 Å². The largest absolute Gasteiger partial charge is 0.455 e. The third kappa shape index (κ3) is 6.49. The molecular formula is C20H25IN2O3. The van der Waals surface area contributed by atoms with Crippen LogP contribution in [0.5, 0.6) is 11.5 Å². The molecule has 0 aromatic heterocycles. The first-order valence-corrected chi connectivity index (χ1v) is 9.42. The van der Waals surface area contributed by atoms with Crippen LogP contribution in [0.2, 0.25) is 0 Å². The maximum absolute atomic E-state index is 12.1. The van der Waals surface area contributed by atoms with Crippen LogP contribution in [0.15, 0.2) is 42.5 Å². The minimum Gasteiger partial charge on any atom is -0.455 e. The van der Waals surface area contributed by atoms with Crippen LogP contribution in [0.4, 0.5) is 10.5 Å². The first kappa shape index (κ1) is 20.5. The lowest BCUT2D eigenvalue weighted by atomic mass is 10.2.